The van der Waals surface area contributed by atoms with Crippen molar-refractivity contribution in [3.63, 3.8) is 0 Å². The van der Waals surface area contributed by atoms with Crippen molar-refractivity contribution in [3.8, 4) is 0 Å². The van der Waals surface area contributed by atoms with E-state index in [1.54, 1.807) is 18.0 Å². The predicted molar refractivity (Wildman–Crippen MR) is 71.4 cm³/mol. The summed E-state index contributed by atoms with van der Waals surface area (Å²) < 4.78 is 0. The molecule has 96 valence electrons. The maximum Gasteiger partial charge on any atom is 0.222 e. The van der Waals surface area contributed by atoms with Crippen molar-refractivity contribution in [2.75, 3.05) is 12.4 Å². The summed E-state index contributed by atoms with van der Waals surface area (Å²) in [6.07, 6.45) is 2.82. The van der Waals surface area contributed by atoms with E-state index in [1.165, 1.54) is 4.90 Å². The summed E-state index contributed by atoms with van der Waals surface area (Å²) in [5.41, 5.74) is 6.47. The van der Waals surface area contributed by atoms with Crippen molar-refractivity contribution >= 4 is 23.4 Å². The van der Waals surface area contributed by atoms with E-state index in [4.69, 9.17) is 22.4 Å². The van der Waals surface area contributed by atoms with Crippen molar-refractivity contribution in [3.05, 3.63) is 17.2 Å². The minimum Gasteiger partial charge on any atom is -0.395 e. The molecular weight excluding hydrogens is 258 g/mol. The van der Waals surface area contributed by atoms with E-state index in [9.17, 15) is 0 Å². The van der Waals surface area contributed by atoms with E-state index >= 15 is 0 Å². The molecule has 2 heterocycles. The van der Waals surface area contributed by atoms with Crippen LogP contribution in [0.15, 0.2) is 11.1 Å². The van der Waals surface area contributed by atoms with Gasteiger partial charge in [-0.25, -0.2) is 9.97 Å². The van der Waals surface area contributed by atoms with Crippen molar-refractivity contribution in [2.24, 2.45) is 11.7 Å². The molecule has 0 saturated heterocycles. The predicted octanol–water partition coefficient (Wildman–Crippen LogP) is 1.74. The van der Waals surface area contributed by atoms with Crippen molar-refractivity contribution in [2.45, 2.75) is 31.2 Å². The van der Waals surface area contributed by atoms with Crippen LogP contribution >= 0.6 is 23.4 Å². The highest BCUT2D eigenvalue weighted by molar-refractivity contribution is 7.99. The molecule has 0 bridgehead atoms. The molecule has 3 N–H and O–H groups in total. The Kier molecular flexibility index (Phi) is 6.19. The maximum atomic E-state index is 8.38. The zero-order valence-corrected chi connectivity index (χ0v) is 11.6. The zero-order valence-electron chi connectivity index (χ0n) is 10.1. The molecule has 17 heavy (non-hydrogen) atoms. The third-order valence-corrected chi connectivity index (χ3v) is 3.71. The first-order valence-corrected chi connectivity index (χ1v) is 6.91. The van der Waals surface area contributed by atoms with E-state index in [0.29, 0.717) is 11.2 Å². The Morgan fingerprint density at radius 1 is 1.59 bits per heavy atom. The van der Waals surface area contributed by atoms with Gasteiger partial charge >= 0.3 is 0 Å². The molecular formula is C11H18ClN3OS. The third-order valence-electron chi connectivity index (χ3n) is 2.46. The molecule has 0 fully saturated rings. The molecule has 1 unspecified atom stereocenters. The maximum absolute atomic E-state index is 8.38. The lowest BCUT2D eigenvalue weighted by Gasteiger charge is -2.10. The van der Waals surface area contributed by atoms with E-state index < -0.39 is 0 Å². The fourth-order valence-corrected chi connectivity index (χ4v) is 2.26. The van der Waals surface area contributed by atoms with Crippen LogP contribution < -0.4 is 5.73 Å². The van der Waals surface area contributed by atoms with Gasteiger partial charge in [-0.1, -0.05) is 13.8 Å². The normalized spacial score (nSPS) is 15.2. The summed E-state index contributed by atoms with van der Waals surface area (Å²) in [4.78, 5) is 9.16. The van der Waals surface area contributed by atoms with Gasteiger partial charge in [-0.3, -0.25) is 0 Å². The molecule has 0 amide bonds. The lowest BCUT2D eigenvalue weighted by Crippen LogP contribution is -2.29. The van der Waals surface area contributed by atoms with Crippen LogP contribution in [-0.2, 0) is 6.42 Å². The van der Waals surface area contributed by atoms with Crippen LogP contribution in [0.1, 0.15) is 19.5 Å². The largest absolute Gasteiger partial charge is 0.395 e. The highest BCUT2D eigenvalue weighted by Crippen LogP contribution is 2.29. The second-order valence-corrected chi connectivity index (χ2v) is 5.61. The van der Waals surface area contributed by atoms with Gasteiger partial charge in [0.05, 0.1) is 12.3 Å². The Hall–Kier alpha value is -0.360. The average molecular weight is 276 g/mol. The van der Waals surface area contributed by atoms with Gasteiger partial charge in [0.1, 0.15) is 0 Å². The fourth-order valence-electron chi connectivity index (χ4n) is 1.15. The van der Waals surface area contributed by atoms with Crippen molar-refractivity contribution in [1.82, 2.24) is 9.97 Å². The molecule has 0 radical (unpaired) electrons. The molecule has 1 atom stereocenters. The van der Waals surface area contributed by atoms with Gasteiger partial charge in [-0.2, -0.15) is 0 Å². The summed E-state index contributed by atoms with van der Waals surface area (Å²) in [6, 6.07) is -0.0417. The second kappa shape index (κ2) is 7.16. The molecule has 0 aliphatic carbocycles. The number of aromatic nitrogens is 2. The Balaban J connectivity index is 0.000000185. The molecule has 2 rings (SSSR count). The van der Waals surface area contributed by atoms with Crippen LogP contribution in [0.25, 0.3) is 0 Å². The topological polar surface area (TPSA) is 72.0 Å². The number of nitrogens with zero attached hydrogens (tertiary/aromatic N) is 2. The first-order valence-electron chi connectivity index (χ1n) is 5.55. The van der Waals surface area contributed by atoms with E-state index in [1.807, 2.05) is 13.8 Å². The molecule has 1 aliphatic heterocycles. The molecule has 6 heteroatoms. The number of nitrogens with two attached hydrogens (primary N) is 1. The highest BCUT2D eigenvalue weighted by atomic mass is 35.5. The standard InChI is InChI=1S/C6H5ClN2S.C5H13NO/c7-6-8-3-5-4(9-6)1-2-10-5;1-4(2)5(6)3-7/h3H,1-2H2;4-5,7H,3,6H2,1-2H3. The van der Waals surface area contributed by atoms with Crippen LogP contribution in [0.2, 0.25) is 5.28 Å². The minimum atomic E-state index is -0.0417. The van der Waals surface area contributed by atoms with Crippen molar-refractivity contribution < 1.29 is 5.11 Å². The third kappa shape index (κ3) is 4.79. The molecule has 0 saturated carbocycles. The van der Waals surface area contributed by atoms with E-state index in [-0.39, 0.29) is 12.6 Å². The summed E-state index contributed by atoms with van der Waals surface area (Å²) in [7, 11) is 0. The summed E-state index contributed by atoms with van der Waals surface area (Å²) >= 11 is 7.38. The smallest absolute Gasteiger partial charge is 0.222 e. The summed E-state index contributed by atoms with van der Waals surface area (Å²) in [5, 5.41) is 8.74. The number of thioether (sulfide) groups is 1. The summed E-state index contributed by atoms with van der Waals surface area (Å²) in [5.74, 6) is 1.51. The van der Waals surface area contributed by atoms with E-state index in [2.05, 4.69) is 9.97 Å². The van der Waals surface area contributed by atoms with Crippen LogP contribution in [0, 0.1) is 5.92 Å². The molecule has 1 aliphatic rings. The van der Waals surface area contributed by atoms with E-state index in [0.717, 1.165) is 17.9 Å². The van der Waals surface area contributed by atoms with Gasteiger partial charge in [0.15, 0.2) is 0 Å². The SMILES string of the molecule is CC(C)C(N)CO.Clc1ncc2c(n1)CCS2. The lowest BCUT2D eigenvalue weighted by atomic mass is 10.1. The van der Waals surface area contributed by atoms with Gasteiger partial charge in [-0.15, -0.1) is 11.8 Å². The molecule has 0 aromatic carbocycles. The van der Waals surface area contributed by atoms with Crippen molar-refractivity contribution in [1.29, 1.82) is 0 Å². The van der Waals surface area contributed by atoms with Crippen LogP contribution in [0.3, 0.4) is 0 Å². The number of hydrogen-bond donors (Lipinski definition) is 2. The number of fused-ring (bicyclic) bond motifs is 1. The minimum absolute atomic E-state index is 0.0417. The van der Waals surface area contributed by atoms with Crippen LogP contribution in [-0.4, -0.2) is 33.5 Å². The van der Waals surface area contributed by atoms with Gasteiger partial charge in [-0.05, 0) is 17.5 Å². The lowest BCUT2D eigenvalue weighted by molar-refractivity contribution is 0.238. The molecule has 1 aromatic heterocycles. The number of aryl methyl sites for hydroxylation is 1. The zero-order chi connectivity index (χ0) is 12.8. The van der Waals surface area contributed by atoms with Crippen LogP contribution in [0.4, 0.5) is 0 Å². The Morgan fingerprint density at radius 3 is 2.82 bits per heavy atom. The first kappa shape index (κ1) is 14.7. The first-order chi connectivity index (χ1) is 8.04. The highest BCUT2D eigenvalue weighted by Gasteiger charge is 2.12. The summed E-state index contributed by atoms with van der Waals surface area (Å²) in [6.45, 7) is 4.07. The fraction of sp³-hybridized carbons (Fsp3) is 0.636. The number of aliphatic hydroxyl groups is 1. The molecule has 4 nitrogen and oxygen atoms in total. The number of halogens is 1. The van der Waals surface area contributed by atoms with Gasteiger partial charge in [0, 0.05) is 29.3 Å². The Bertz CT molecular complexity index is 363. The quantitative estimate of drug-likeness (QED) is 0.805. The average Bonchev–Trinajstić information content (AvgIpc) is 2.75. The Labute approximate surface area is 111 Å². The monoisotopic (exact) mass is 275 g/mol. The van der Waals surface area contributed by atoms with Gasteiger partial charge in [0.25, 0.3) is 0 Å². The second-order valence-electron chi connectivity index (χ2n) is 4.14. The number of aliphatic hydroxyl groups excluding tert-OH is 1. The van der Waals surface area contributed by atoms with Gasteiger partial charge in [0.2, 0.25) is 5.28 Å². The number of hydrogen-bond acceptors (Lipinski definition) is 5. The van der Waals surface area contributed by atoms with Crippen LogP contribution in [0.5, 0.6) is 0 Å². The molecule has 0 spiro atoms. The van der Waals surface area contributed by atoms with Gasteiger partial charge < -0.3 is 10.8 Å². The Morgan fingerprint density at radius 2 is 2.29 bits per heavy atom. The molecule has 1 aromatic rings. The number of rotatable bonds is 2.